The zero-order chi connectivity index (χ0) is 14.7. The molecule has 0 radical (unpaired) electrons. The first-order valence-electron chi connectivity index (χ1n) is 7.41. The van der Waals surface area contributed by atoms with Gasteiger partial charge in [-0.15, -0.1) is 0 Å². The number of halogens is 1. The number of benzene rings is 1. The smallest absolute Gasteiger partial charge is 0.0678 e. The first kappa shape index (κ1) is 16.0. The third-order valence-corrected chi connectivity index (χ3v) is 4.40. The molecule has 1 heterocycles. The van der Waals surface area contributed by atoms with Gasteiger partial charge >= 0.3 is 0 Å². The Morgan fingerprint density at radius 1 is 1.35 bits per heavy atom. The van der Waals surface area contributed by atoms with Gasteiger partial charge in [0.15, 0.2) is 0 Å². The monoisotopic (exact) mass is 340 g/mol. The summed E-state index contributed by atoms with van der Waals surface area (Å²) >= 11 is 3.57. The normalized spacial score (nSPS) is 27.2. The lowest BCUT2D eigenvalue weighted by Gasteiger charge is -2.42. The molecule has 0 bridgehead atoms. The molecule has 0 aromatic heterocycles. The summed E-state index contributed by atoms with van der Waals surface area (Å²) in [5.74, 6) is 0. The van der Waals surface area contributed by atoms with Crippen molar-refractivity contribution in [1.82, 2.24) is 4.90 Å². The SMILES string of the molecule is CCC(N)C(c1cccc(Br)c1)N1C[C@@H](C)O[C@@H](C)C1. The molecule has 0 amide bonds. The van der Waals surface area contributed by atoms with Gasteiger partial charge in [0.05, 0.1) is 18.2 Å². The summed E-state index contributed by atoms with van der Waals surface area (Å²) in [6, 6.07) is 8.90. The second-order valence-electron chi connectivity index (χ2n) is 5.78. The Kier molecular flexibility index (Phi) is 5.61. The van der Waals surface area contributed by atoms with E-state index in [0.717, 1.165) is 24.0 Å². The van der Waals surface area contributed by atoms with Gasteiger partial charge in [-0.25, -0.2) is 0 Å². The van der Waals surface area contributed by atoms with Crippen LogP contribution in [0, 0.1) is 0 Å². The maximum absolute atomic E-state index is 6.42. The first-order valence-corrected chi connectivity index (χ1v) is 8.21. The van der Waals surface area contributed by atoms with Gasteiger partial charge in [-0.05, 0) is 38.0 Å². The minimum Gasteiger partial charge on any atom is -0.373 e. The molecule has 4 atom stereocenters. The van der Waals surface area contributed by atoms with Crippen LogP contribution in [-0.4, -0.2) is 36.2 Å². The van der Waals surface area contributed by atoms with E-state index >= 15 is 0 Å². The van der Waals surface area contributed by atoms with Crippen LogP contribution < -0.4 is 5.73 Å². The Bertz CT molecular complexity index is 430. The van der Waals surface area contributed by atoms with E-state index in [0.29, 0.717) is 0 Å². The fourth-order valence-corrected chi connectivity index (χ4v) is 3.50. The lowest BCUT2D eigenvalue weighted by atomic mass is 9.95. The van der Waals surface area contributed by atoms with Crippen LogP contribution in [0.25, 0.3) is 0 Å². The fourth-order valence-electron chi connectivity index (χ4n) is 3.09. The van der Waals surface area contributed by atoms with E-state index in [1.54, 1.807) is 0 Å². The average molecular weight is 341 g/mol. The third-order valence-electron chi connectivity index (χ3n) is 3.91. The van der Waals surface area contributed by atoms with Crippen molar-refractivity contribution in [1.29, 1.82) is 0 Å². The number of nitrogens with two attached hydrogens (primary N) is 1. The second kappa shape index (κ2) is 7.03. The lowest BCUT2D eigenvalue weighted by Crippen LogP contribution is -2.51. The highest BCUT2D eigenvalue weighted by Gasteiger charge is 2.31. The lowest BCUT2D eigenvalue weighted by molar-refractivity contribution is -0.0838. The van der Waals surface area contributed by atoms with Crippen molar-refractivity contribution < 1.29 is 4.74 Å². The summed E-state index contributed by atoms with van der Waals surface area (Å²) in [4.78, 5) is 2.48. The summed E-state index contributed by atoms with van der Waals surface area (Å²) in [7, 11) is 0. The Morgan fingerprint density at radius 3 is 2.55 bits per heavy atom. The second-order valence-corrected chi connectivity index (χ2v) is 6.70. The van der Waals surface area contributed by atoms with Gasteiger partial charge in [0.2, 0.25) is 0 Å². The van der Waals surface area contributed by atoms with Crippen LogP contribution in [0.5, 0.6) is 0 Å². The Balaban J connectivity index is 2.27. The van der Waals surface area contributed by atoms with Gasteiger partial charge in [-0.2, -0.15) is 0 Å². The van der Waals surface area contributed by atoms with Crippen molar-refractivity contribution in [2.24, 2.45) is 5.73 Å². The van der Waals surface area contributed by atoms with E-state index < -0.39 is 0 Å². The fraction of sp³-hybridized carbons (Fsp3) is 0.625. The molecule has 1 aromatic rings. The summed E-state index contributed by atoms with van der Waals surface area (Å²) < 4.78 is 6.96. The molecular weight excluding hydrogens is 316 g/mol. The molecule has 2 unspecified atom stereocenters. The molecule has 4 heteroatoms. The summed E-state index contributed by atoms with van der Waals surface area (Å²) in [5, 5.41) is 0. The van der Waals surface area contributed by atoms with Crippen LogP contribution >= 0.6 is 15.9 Å². The molecule has 1 saturated heterocycles. The van der Waals surface area contributed by atoms with Gasteiger partial charge in [-0.3, -0.25) is 4.90 Å². The van der Waals surface area contributed by atoms with E-state index in [1.807, 2.05) is 0 Å². The molecule has 1 aromatic carbocycles. The Hall–Kier alpha value is -0.420. The van der Waals surface area contributed by atoms with E-state index in [1.165, 1.54) is 5.56 Å². The standard InChI is InChI=1S/C16H25BrN2O/c1-4-15(18)16(13-6-5-7-14(17)8-13)19-9-11(2)20-12(3)10-19/h5-8,11-12,15-16H,4,9-10,18H2,1-3H3/t11-,12+,15?,16?. The molecule has 0 saturated carbocycles. The van der Waals surface area contributed by atoms with E-state index in [4.69, 9.17) is 10.5 Å². The van der Waals surface area contributed by atoms with Crippen molar-refractivity contribution in [3.63, 3.8) is 0 Å². The zero-order valence-electron chi connectivity index (χ0n) is 12.6. The first-order chi connectivity index (χ1) is 9.51. The topological polar surface area (TPSA) is 38.5 Å². The minimum absolute atomic E-state index is 0.141. The highest BCUT2D eigenvalue weighted by molar-refractivity contribution is 9.10. The van der Waals surface area contributed by atoms with Gasteiger partial charge in [0.25, 0.3) is 0 Å². The van der Waals surface area contributed by atoms with Crippen LogP contribution in [0.15, 0.2) is 28.7 Å². The van der Waals surface area contributed by atoms with Crippen molar-refractivity contribution in [2.75, 3.05) is 13.1 Å². The Labute approximate surface area is 130 Å². The molecule has 1 aliphatic rings. The van der Waals surface area contributed by atoms with Gasteiger partial charge in [-0.1, -0.05) is 35.0 Å². The van der Waals surface area contributed by atoms with E-state index in [2.05, 4.69) is 65.9 Å². The van der Waals surface area contributed by atoms with Crippen LogP contribution in [0.4, 0.5) is 0 Å². The predicted molar refractivity (Wildman–Crippen MR) is 86.7 cm³/mol. The van der Waals surface area contributed by atoms with Crippen LogP contribution in [0.2, 0.25) is 0 Å². The maximum Gasteiger partial charge on any atom is 0.0678 e. The van der Waals surface area contributed by atoms with Crippen LogP contribution in [0.1, 0.15) is 38.8 Å². The molecule has 1 aliphatic heterocycles. The van der Waals surface area contributed by atoms with E-state index in [-0.39, 0.29) is 24.3 Å². The molecule has 2 N–H and O–H groups in total. The molecule has 1 fully saturated rings. The average Bonchev–Trinajstić information content (AvgIpc) is 2.37. The van der Waals surface area contributed by atoms with Crippen LogP contribution in [0.3, 0.4) is 0 Å². The summed E-state index contributed by atoms with van der Waals surface area (Å²) in [6.07, 6.45) is 1.49. The molecular formula is C16H25BrN2O. The van der Waals surface area contributed by atoms with Crippen molar-refractivity contribution in [2.45, 2.75) is 51.5 Å². The number of morpholine rings is 1. The summed E-state index contributed by atoms with van der Waals surface area (Å²) in [6.45, 7) is 8.31. The number of nitrogens with zero attached hydrogens (tertiary/aromatic N) is 1. The predicted octanol–water partition coefficient (Wildman–Crippen LogP) is 3.34. The molecule has 112 valence electrons. The zero-order valence-corrected chi connectivity index (χ0v) is 14.1. The molecule has 0 spiro atoms. The van der Waals surface area contributed by atoms with Gasteiger partial charge < -0.3 is 10.5 Å². The number of hydrogen-bond acceptors (Lipinski definition) is 3. The van der Waals surface area contributed by atoms with Gasteiger partial charge in [0, 0.05) is 23.6 Å². The summed E-state index contributed by atoms with van der Waals surface area (Å²) in [5.41, 5.74) is 7.71. The van der Waals surface area contributed by atoms with Crippen molar-refractivity contribution in [3.05, 3.63) is 34.3 Å². The van der Waals surface area contributed by atoms with Crippen molar-refractivity contribution in [3.8, 4) is 0 Å². The largest absolute Gasteiger partial charge is 0.373 e. The number of hydrogen-bond donors (Lipinski definition) is 1. The van der Waals surface area contributed by atoms with E-state index in [9.17, 15) is 0 Å². The van der Waals surface area contributed by atoms with Crippen molar-refractivity contribution >= 4 is 15.9 Å². The minimum atomic E-state index is 0.141. The van der Waals surface area contributed by atoms with Gasteiger partial charge in [0.1, 0.15) is 0 Å². The molecule has 3 nitrogen and oxygen atoms in total. The molecule has 20 heavy (non-hydrogen) atoms. The molecule has 2 rings (SSSR count). The quantitative estimate of drug-likeness (QED) is 0.913. The highest BCUT2D eigenvalue weighted by atomic mass is 79.9. The maximum atomic E-state index is 6.42. The highest BCUT2D eigenvalue weighted by Crippen LogP contribution is 2.29. The number of ether oxygens (including phenoxy) is 1. The third kappa shape index (κ3) is 3.82. The van der Waals surface area contributed by atoms with Crippen LogP contribution in [-0.2, 0) is 4.74 Å². The molecule has 0 aliphatic carbocycles. The Morgan fingerprint density at radius 2 is 2.00 bits per heavy atom. The number of rotatable bonds is 4.